The Morgan fingerprint density at radius 3 is 2.47 bits per heavy atom. The van der Waals surface area contributed by atoms with Crippen LogP contribution in [0.4, 0.5) is 5.69 Å². The van der Waals surface area contributed by atoms with Crippen molar-refractivity contribution in [3.05, 3.63) is 24.3 Å². The first kappa shape index (κ1) is 15.7. The molecule has 0 aromatic heterocycles. The van der Waals surface area contributed by atoms with Gasteiger partial charge in [-0.15, -0.1) is 0 Å². The summed E-state index contributed by atoms with van der Waals surface area (Å²) in [6, 6.07) is 7.10. The van der Waals surface area contributed by atoms with Crippen LogP contribution in [0.2, 0.25) is 0 Å². The highest BCUT2D eigenvalue weighted by molar-refractivity contribution is 7.87. The number of hydrogen-bond donors (Lipinski definition) is 2. The van der Waals surface area contributed by atoms with Crippen molar-refractivity contribution in [3.63, 3.8) is 0 Å². The van der Waals surface area contributed by atoms with Crippen molar-refractivity contribution >= 4 is 15.9 Å². The van der Waals surface area contributed by atoms with Crippen molar-refractivity contribution in [2.24, 2.45) is 0 Å². The molecular weight excluding hydrogens is 266 g/mol. The molecule has 7 heteroatoms. The van der Waals surface area contributed by atoms with E-state index in [1.165, 1.54) is 4.31 Å². The molecule has 0 spiro atoms. The van der Waals surface area contributed by atoms with E-state index in [0.717, 1.165) is 0 Å². The van der Waals surface area contributed by atoms with E-state index < -0.39 is 10.2 Å². The van der Waals surface area contributed by atoms with Gasteiger partial charge in [-0.2, -0.15) is 17.4 Å². The molecule has 0 bridgehead atoms. The van der Waals surface area contributed by atoms with Crippen LogP contribution in [0, 0.1) is 0 Å². The summed E-state index contributed by atoms with van der Waals surface area (Å²) in [7, 11) is -3.41. The first-order chi connectivity index (χ1) is 9.01. The monoisotopic (exact) mass is 287 g/mol. The molecule has 0 saturated carbocycles. The fourth-order valence-electron chi connectivity index (χ4n) is 1.60. The van der Waals surface area contributed by atoms with Crippen molar-refractivity contribution in [2.75, 3.05) is 32.0 Å². The molecule has 0 heterocycles. The molecule has 1 rings (SSSR count). The predicted molar refractivity (Wildman–Crippen MR) is 76.2 cm³/mol. The highest BCUT2D eigenvalue weighted by atomic mass is 32.2. The number of nitrogens with one attached hydrogen (secondary N) is 1. The number of anilines is 1. The van der Waals surface area contributed by atoms with Crippen molar-refractivity contribution in [1.29, 1.82) is 0 Å². The average Bonchev–Trinajstić information content (AvgIpc) is 2.37. The summed E-state index contributed by atoms with van der Waals surface area (Å²) in [5.41, 5.74) is 6.24. The molecule has 0 amide bonds. The largest absolute Gasteiger partial charge is 0.490 e. The molecule has 0 fully saturated rings. The van der Waals surface area contributed by atoms with E-state index in [-0.39, 0.29) is 13.2 Å². The minimum atomic E-state index is -3.41. The number of nitrogen functional groups attached to an aromatic ring is 1. The third-order valence-electron chi connectivity index (χ3n) is 2.61. The number of nitrogens with zero attached hydrogens (tertiary/aromatic N) is 1. The van der Waals surface area contributed by atoms with Crippen LogP contribution in [0.25, 0.3) is 0 Å². The van der Waals surface area contributed by atoms with Crippen molar-refractivity contribution in [1.82, 2.24) is 9.03 Å². The summed E-state index contributed by atoms with van der Waals surface area (Å²) in [4.78, 5) is 0. The summed E-state index contributed by atoms with van der Waals surface area (Å²) < 4.78 is 32.9. The van der Waals surface area contributed by atoms with E-state index in [1.807, 2.05) is 12.1 Å². The van der Waals surface area contributed by atoms with E-state index >= 15 is 0 Å². The molecule has 0 radical (unpaired) electrons. The van der Waals surface area contributed by atoms with Crippen molar-refractivity contribution < 1.29 is 13.2 Å². The minimum absolute atomic E-state index is 0.202. The van der Waals surface area contributed by atoms with Crippen LogP contribution in [0.15, 0.2) is 24.3 Å². The lowest BCUT2D eigenvalue weighted by atomic mass is 10.3. The van der Waals surface area contributed by atoms with Gasteiger partial charge in [0, 0.05) is 19.6 Å². The second kappa shape index (κ2) is 7.32. The zero-order valence-electron chi connectivity index (χ0n) is 11.3. The molecule has 0 unspecified atom stereocenters. The lowest BCUT2D eigenvalue weighted by Crippen LogP contribution is -2.41. The quantitative estimate of drug-likeness (QED) is 0.548. The van der Waals surface area contributed by atoms with Crippen molar-refractivity contribution in [3.8, 4) is 5.75 Å². The topological polar surface area (TPSA) is 84.7 Å². The standard InChI is InChI=1S/C12H21N3O3S/c1-3-15(4-2)19(16,17)14-9-10-18-12-8-6-5-7-11(12)13/h5-8,14H,3-4,9-10,13H2,1-2H3. The molecule has 0 saturated heterocycles. The predicted octanol–water partition coefficient (Wildman–Crippen LogP) is 0.824. The molecule has 1 aromatic rings. The lowest BCUT2D eigenvalue weighted by molar-refractivity contribution is 0.322. The van der Waals surface area contributed by atoms with Gasteiger partial charge in [-0.25, -0.2) is 0 Å². The Morgan fingerprint density at radius 1 is 1.26 bits per heavy atom. The SMILES string of the molecule is CCN(CC)S(=O)(=O)NCCOc1ccccc1N. The van der Waals surface area contributed by atoms with E-state index in [1.54, 1.807) is 26.0 Å². The Kier molecular flexibility index (Phi) is 6.07. The highest BCUT2D eigenvalue weighted by Crippen LogP contribution is 2.19. The number of hydrogen-bond acceptors (Lipinski definition) is 4. The van der Waals surface area contributed by atoms with Gasteiger partial charge in [-0.05, 0) is 12.1 Å². The molecule has 1 aromatic carbocycles. The zero-order chi connectivity index (χ0) is 14.3. The van der Waals surface area contributed by atoms with Gasteiger partial charge in [-0.1, -0.05) is 26.0 Å². The minimum Gasteiger partial charge on any atom is -0.490 e. The molecule has 108 valence electrons. The smallest absolute Gasteiger partial charge is 0.279 e. The van der Waals surface area contributed by atoms with E-state index in [0.29, 0.717) is 24.5 Å². The van der Waals surface area contributed by atoms with Gasteiger partial charge in [0.15, 0.2) is 0 Å². The Hall–Kier alpha value is -1.31. The molecule has 0 aliphatic carbocycles. The third kappa shape index (κ3) is 4.70. The Bertz CT molecular complexity index is 487. The van der Waals surface area contributed by atoms with Crippen LogP contribution in [0.1, 0.15) is 13.8 Å². The second-order valence-corrected chi connectivity index (χ2v) is 5.63. The fourth-order valence-corrected chi connectivity index (χ4v) is 2.80. The summed E-state index contributed by atoms with van der Waals surface area (Å²) in [6.45, 7) is 4.91. The number of ether oxygens (including phenoxy) is 1. The van der Waals surface area contributed by atoms with Crippen molar-refractivity contribution in [2.45, 2.75) is 13.8 Å². The molecular formula is C12H21N3O3S. The normalized spacial score (nSPS) is 11.7. The number of para-hydroxylation sites is 2. The highest BCUT2D eigenvalue weighted by Gasteiger charge is 2.17. The first-order valence-electron chi connectivity index (χ1n) is 6.23. The van der Waals surface area contributed by atoms with E-state index in [4.69, 9.17) is 10.5 Å². The first-order valence-corrected chi connectivity index (χ1v) is 7.67. The lowest BCUT2D eigenvalue weighted by Gasteiger charge is -2.18. The van der Waals surface area contributed by atoms with Crippen LogP contribution in [-0.4, -0.2) is 39.0 Å². The van der Waals surface area contributed by atoms with E-state index in [2.05, 4.69) is 4.72 Å². The molecule has 0 aliphatic rings. The van der Waals surface area contributed by atoms with Gasteiger partial charge in [0.25, 0.3) is 10.2 Å². The van der Waals surface area contributed by atoms with E-state index in [9.17, 15) is 8.42 Å². The molecule has 6 nitrogen and oxygen atoms in total. The molecule has 0 atom stereocenters. The van der Waals surface area contributed by atoms with Crippen LogP contribution in [0.5, 0.6) is 5.75 Å². The van der Waals surface area contributed by atoms with Gasteiger partial charge in [0.05, 0.1) is 5.69 Å². The number of rotatable bonds is 8. The average molecular weight is 287 g/mol. The second-order valence-electron chi connectivity index (χ2n) is 3.87. The summed E-state index contributed by atoms with van der Waals surface area (Å²) >= 11 is 0. The van der Waals surface area contributed by atoms with Gasteiger partial charge in [0.1, 0.15) is 12.4 Å². The molecule has 0 aliphatic heterocycles. The summed E-state index contributed by atoms with van der Waals surface area (Å²) in [5, 5.41) is 0. The van der Waals surface area contributed by atoms with Crippen LogP contribution in [0.3, 0.4) is 0 Å². The van der Waals surface area contributed by atoms with Gasteiger partial charge in [0.2, 0.25) is 0 Å². The molecule has 3 N–H and O–H groups in total. The maximum absolute atomic E-state index is 11.8. The number of nitrogens with two attached hydrogens (primary N) is 1. The summed E-state index contributed by atoms with van der Waals surface area (Å²) in [5.74, 6) is 0.560. The van der Waals surface area contributed by atoms with Gasteiger partial charge in [-0.3, -0.25) is 0 Å². The Labute approximate surface area is 114 Å². The van der Waals surface area contributed by atoms with Gasteiger partial charge >= 0.3 is 0 Å². The summed E-state index contributed by atoms with van der Waals surface area (Å²) in [6.07, 6.45) is 0. The third-order valence-corrected chi connectivity index (χ3v) is 4.37. The van der Waals surface area contributed by atoms with Crippen LogP contribution in [-0.2, 0) is 10.2 Å². The van der Waals surface area contributed by atoms with Crippen LogP contribution >= 0.6 is 0 Å². The Balaban J connectivity index is 2.41. The maximum Gasteiger partial charge on any atom is 0.279 e. The number of benzene rings is 1. The Morgan fingerprint density at radius 2 is 1.89 bits per heavy atom. The molecule has 19 heavy (non-hydrogen) atoms. The fraction of sp³-hybridized carbons (Fsp3) is 0.500. The van der Waals surface area contributed by atoms with Gasteiger partial charge < -0.3 is 10.5 Å². The maximum atomic E-state index is 11.8. The van der Waals surface area contributed by atoms with Crippen LogP contribution < -0.4 is 15.2 Å². The zero-order valence-corrected chi connectivity index (χ0v) is 12.1.